The highest BCUT2D eigenvalue weighted by Crippen LogP contribution is 2.23. The summed E-state index contributed by atoms with van der Waals surface area (Å²) in [5.41, 5.74) is 3.53. The number of rotatable bonds is 8. The van der Waals surface area contributed by atoms with E-state index >= 15 is 0 Å². The summed E-state index contributed by atoms with van der Waals surface area (Å²) in [6, 6.07) is 16.7. The third kappa shape index (κ3) is 4.20. The zero-order chi connectivity index (χ0) is 17.6. The minimum atomic E-state index is 0.829. The normalized spacial score (nSPS) is 11.4. The largest absolute Gasteiger partial charge is 0.497 e. The molecule has 0 aliphatic heterocycles. The smallest absolute Gasteiger partial charge is 0.124 e. The van der Waals surface area contributed by atoms with Gasteiger partial charge in [0.15, 0.2) is 0 Å². The van der Waals surface area contributed by atoms with Crippen molar-refractivity contribution in [2.75, 3.05) is 14.2 Å². The van der Waals surface area contributed by atoms with Crippen LogP contribution >= 0.6 is 0 Å². The molecule has 0 bridgehead atoms. The molecule has 0 unspecified atom stereocenters. The van der Waals surface area contributed by atoms with E-state index < -0.39 is 0 Å². The number of benzene rings is 2. The van der Waals surface area contributed by atoms with Crippen LogP contribution in [0.1, 0.15) is 31.2 Å². The molecule has 0 amide bonds. The first kappa shape index (κ1) is 17.5. The summed E-state index contributed by atoms with van der Waals surface area (Å²) in [6.45, 7) is 4.98. The molecule has 25 heavy (non-hydrogen) atoms. The van der Waals surface area contributed by atoms with Crippen LogP contribution in [-0.4, -0.2) is 28.6 Å². The Bertz CT molecular complexity index is 811. The van der Waals surface area contributed by atoms with Crippen molar-refractivity contribution in [2.45, 2.75) is 39.4 Å². The second-order valence-electron chi connectivity index (χ2n) is 6.55. The lowest BCUT2D eigenvalue weighted by molar-refractivity contribution is 0.305. The molecule has 3 aromatic rings. The summed E-state index contributed by atoms with van der Waals surface area (Å²) in [4.78, 5) is 7.21. The minimum Gasteiger partial charge on any atom is -0.497 e. The molecule has 0 saturated carbocycles. The molecule has 0 N–H and O–H groups in total. The van der Waals surface area contributed by atoms with E-state index in [1.807, 2.05) is 12.1 Å². The fourth-order valence-electron chi connectivity index (χ4n) is 3.17. The van der Waals surface area contributed by atoms with Crippen LogP contribution in [0.4, 0.5) is 0 Å². The van der Waals surface area contributed by atoms with Gasteiger partial charge in [0.25, 0.3) is 0 Å². The van der Waals surface area contributed by atoms with E-state index in [2.05, 4.69) is 59.8 Å². The number of imidazole rings is 1. The van der Waals surface area contributed by atoms with Crippen molar-refractivity contribution in [3.8, 4) is 5.75 Å². The number of unbranched alkanes of at least 4 members (excludes halogenated alkanes) is 1. The summed E-state index contributed by atoms with van der Waals surface area (Å²) in [7, 11) is 3.85. The van der Waals surface area contributed by atoms with Crippen molar-refractivity contribution in [3.05, 3.63) is 59.9 Å². The van der Waals surface area contributed by atoms with E-state index in [0.29, 0.717) is 0 Å². The fourth-order valence-corrected chi connectivity index (χ4v) is 3.17. The van der Waals surface area contributed by atoms with Gasteiger partial charge in [0.2, 0.25) is 0 Å². The molecule has 0 radical (unpaired) electrons. The summed E-state index contributed by atoms with van der Waals surface area (Å²) in [6.07, 6.45) is 2.34. The number of aromatic nitrogens is 2. The number of aryl methyl sites for hydroxylation is 1. The van der Waals surface area contributed by atoms with E-state index in [0.717, 1.165) is 43.1 Å². The van der Waals surface area contributed by atoms with Crippen LogP contribution in [0.25, 0.3) is 11.0 Å². The van der Waals surface area contributed by atoms with Crippen LogP contribution < -0.4 is 4.74 Å². The maximum atomic E-state index is 5.35. The Labute approximate surface area is 150 Å². The topological polar surface area (TPSA) is 30.3 Å². The first-order valence-electron chi connectivity index (χ1n) is 8.97. The molecule has 0 saturated heterocycles. The summed E-state index contributed by atoms with van der Waals surface area (Å²) in [5.74, 6) is 1.98. The van der Waals surface area contributed by atoms with Crippen molar-refractivity contribution in [1.29, 1.82) is 0 Å². The number of ether oxygens (including phenoxy) is 1. The molecule has 2 aromatic carbocycles. The number of hydrogen-bond acceptors (Lipinski definition) is 3. The average molecular weight is 337 g/mol. The lowest BCUT2D eigenvalue weighted by Gasteiger charge is -2.17. The van der Waals surface area contributed by atoms with Crippen LogP contribution in [0.5, 0.6) is 5.75 Å². The standard InChI is InChI=1S/C21H27N3O/c1-4-5-13-24-20-12-11-18(25-3)14-19(20)22-21(24)16-23(2)15-17-9-7-6-8-10-17/h6-12,14H,4-5,13,15-16H2,1-3H3. The number of fused-ring (bicyclic) bond motifs is 1. The quantitative estimate of drug-likeness (QED) is 0.607. The van der Waals surface area contributed by atoms with Crippen LogP contribution in [0.15, 0.2) is 48.5 Å². The van der Waals surface area contributed by atoms with Crippen molar-refractivity contribution in [2.24, 2.45) is 0 Å². The molecule has 3 rings (SSSR count). The Kier molecular flexibility index (Phi) is 5.71. The second kappa shape index (κ2) is 8.17. The summed E-state index contributed by atoms with van der Waals surface area (Å²) in [5, 5.41) is 0. The van der Waals surface area contributed by atoms with Crippen LogP contribution in [0.2, 0.25) is 0 Å². The number of hydrogen-bond donors (Lipinski definition) is 0. The Morgan fingerprint density at radius 3 is 2.60 bits per heavy atom. The molecule has 1 heterocycles. The molecule has 0 fully saturated rings. The van der Waals surface area contributed by atoms with Gasteiger partial charge < -0.3 is 9.30 Å². The lowest BCUT2D eigenvalue weighted by atomic mass is 10.2. The molecule has 4 heteroatoms. The molecule has 0 atom stereocenters. The lowest BCUT2D eigenvalue weighted by Crippen LogP contribution is -2.20. The van der Waals surface area contributed by atoms with E-state index in [1.165, 1.54) is 17.5 Å². The summed E-state index contributed by atoms with van der Waals surface area (Å²) >= 11 is 0. The van der Waals surface area contributed by atoms with Crippen LogP contribution in [0.3, 0.4) is 0 Å². The monoisotopic (exact) mass is 337 g/mol. The Hall–Kier alpha value is -2.33. The van der Waals surface area contributed by atoms with Gasteiger partial charge in [-0.05, 0) is 31.2 Å². The van der Waals surface area contributed by atoms with E-state index in [1.54, 1.807) is 7.11 Å². The van der Waals surface area contributed by atoms with Gasteiger partial charge >= 0.3 is 0 Å². The highest BCUT2D eigenvalue weighted by Gasteiger charge is 2.13. The zero-order valence-electron chi connectivity index (χ0n) is 15.4. The predicted molar refractivity (Wildman–Crippen MR) is 103 cm³/mol. The molecule has 0 spiro atoms. The molecule has 4 nitrogen and oxygen atoms in total. The van der Waals surface area contributed by atoms with Crippen molar-refractivity contribution in [3.63, 3.8) is 0 Å². The Morgan fingerprint density at radius 2 is 1.88 bits per heavy atom. The Morgan fingerprint density at radius 1 is 1.08 bits per heavy atom. The van der Waals surface area contributed by atoms with Crippen molar-refractivity contribution < 1.29 is 4.74 Å². The molecule has 132 valence electrons. The minimum absolute atomic E-state index is 0.829. The second-order valence-corrected chi connectivity index (χ2v) is 6.55. The molecule has 0 aliphatic rings. The highest BCUT2D eigenvalue weighted by molar-refractivity contribution is 5.77. The number of methoxy groups -OCH3 is 1. The van der Waals surface area contributed by atoms with E-state index in [9.17, 15) is 0 Å². The van der Waals surface area contributed by atoms with Gasteiger partial charge in [-0.15, -0.1) is 0 Å². The van der Waals surface area contributed by atoms with Gasteiger partial charge in [0.05, 0.1) is 24.7 Å². The van der Waals surface area contributed by atoms with E-state index in [-0.39, 0.29) is 0 Å². The van der Waals surface area contributed by atoms with Crippen LogP contribution in [0, 0.1) is 0 Å². The summed E-state index contributed by atoms with van der Waals surface area (Å²) < 4.78 is 7.71. The van der Waals surface area contributed by atoms with Gasteiger partial charge in [-0.2, -0.15) is 0 Å². The van der Waals surface area contributed by atoms with Gasteiger partial charge in [-0.25, -0.2) is 4.98 Å². The molecule has 0 aliphatic carbocycles. The fraction of sp³-hybridized carbons (Fsp3) is 0.381. The van der Waals surface area contributed by atoms with Gasteiger partial charge in [0, 0.05) is 19.2 Å². The zero-order valence-corrected chi connectivity index (χ0v) is 15.4. The Balaban J connectivity index is 1.85. The highest BCUT2D eigenvalue weighted by atomic mass is 16.5. The number of nitrogens with zero attached hydrogens (tertiary/aromatic N) is 3. The van der Waals surface area contributed by atoms with Crippen molar-refractivity contribution >= 4 is 11.0 Å². The molecule has 1 aromatic heterocycles. The average Bonchev–Trinajstić information content (AvgIpc) is 2.96. The first-order chi connectivity index (χ1) is 12.2. The van der Waals surface area contributed by atoms with Gasteiger partial charge in [-0.1, -0.05) is 43.7 Å². The van der Waals surface area contributed by atoms with E-state index in [4.69, 9.17) is 9.72 Å². The maximum Gasteiger partial charge on any atom is 0.124 e. The molecular weight excluding hydrogens is 310 g/mol. The maximum absolute atomic E-state index is 5.35. The van der Waals surface area contributed by atoms with Gasteiger partial charge in [0.1, 0.15) is 11.6 Å². The third-order valence-corrected chi connectivity index (χ3v) is 4.48. The van der Waals surface area contributed by atoms with Crippen molar-refractivity contribution in [1.82, 2.24) is 14.5 Å². The molecular formula is C21H27N3O. The predicted octanol–water partition coefficient (Wildman–Crippen LogP) is 4.48. The van der Waals surface area contributed by atoms with Gasteiger partial charge in [-0.3, -0.25) is 4.90 Å². The third-order valence-electron chi connectivity index (χ3n) is 4.48. The van der Waals surface area contributed by atoms with Crippen LogP contribution in [-0.2, 0) is 19.6 Å². The first-order valence-corrected chi connectivity index (χ1v) is 8.97. The SMILES string of the molecule is CCCCn1c(CN(C)Cc2ccccc2)nc2cc(OC)ccc21.